The Morgan fingerprint density at radius 3 is 2.23 bits per heavy atom. The van der Waals surface area contributed by atoms with E-state index < -0.39 is 21.9 Å². The lowest BCUT2D eigenvalue weighted by molar-refractivity contribution is -0.111. The lowest BCUT2D eigenvalue weighted by Gasteiger charge is -2.12. The topological polar surface area (TPSA) is 113 Å². The number of nitrogens with one attached hydrogen (secondary N) is 2. The highest BCUT2D eigenvalue weighted by atomic mass is 32.2. The van der Waals surface area contributed by atoms with Crippen LogP contribution >= 0.6 is 0 Å². The number of anilines is 2. The highest BCUT2D eigenvalue weighted by Crippen LogP contribution is 2.25. The zero-order chi connectivity index (χ0) is 25.0. The van der Waals surface area contributed by atoms with Crippen molar-refractivity contribution in [3.8, 4) is 0 Å². The number of rotatable bonds is 7. The first kappa shape index (κ1) is 23.7. The predicted octanol–water partition coefficient (Wildman–Crippen LogP) is 5.38. The van der Waals surface area contributed by atoms with Gasteiger partial charge in [-0.1, -0.05) is 54.6 Å². The van der Waals surface area contributed by atoms with E-state index in [0.717, 1.165) is 16.3 Å². The fourth-order valence-electron chi connectivity index (χ4n) is 3.59. The first-order valence-corrected chi connectivity index (χ1v) is 12.1. The van der Waals surface area contributed by atoms with Gasteiger partial charge in [-0.05, 0) is 65.2 Å². The zero-order valence-corrected chi connectivity index (χ0v) is 19.5. The summed E-state index contributed by atoms with van der Waals surface area (Å²) >= 11 is 0. The van der Waals surface area contributed by atoms with Gasteiger partial charge in [0.25, 0.3) is 10.0 Å². The monoisotopic (exact) mass is 486 g/mol. The van der Waals surface area contributed by atoms with E-state index in [-0.39, 0.29) is 21.8 Å². The number of allylic oxidation sites excluding steroid dienone is 1. The minimum Gasteiger partial charge on any atom is -0.478 e. The summed E-state index contributed by atoms with van der Waals surface area (Å²) in [7, 11) is -3.89. The van der Waals surface area contributed by atoms with Crippen molar-refractivity contribution in [3.05, 3.63) is 108 Å². The van der Waals surface area contributed by atoms with E-state index in [1.165, 1.54) is 36.4 Å². The summed E-state index contributed by atoms with van der Waals surface area (Å²) in [6.45, 7) is 1.78. The second kappa shape index (κ2) is 9.82. The number of amides is 1. The molecule has 176 valence electrons. The van der Waals surface area contributed by atoms with E-state index in [1.54, 1.807) is 25.1 Å². The molecule has 0 spiro atoms. The molecule has 3 N–H and O–H groups in total. The fourth-order valence-corrected chi connectivity index (χ4v) is 4.67. The van der Waals surface area contributed by atoms with Crippen LogP contribution in [0.2, 0.25) is 0 Å². The SMILES string of the molecule is C/C(=C/C(=O)Nc1cc(NS(=O)(=O)c2ccccc2)ccc1C(=O)O)c1ccc2ccccc2c1. The molecule has 0 aromatic heterocycles. The van der Waals surface area contributed by atoms with Crippen molar-refractivity contribution in [2.75, 3.05) is 10.0 Å². The number of fused-ring (bicyclic) bond motifs is 1. The number of aromatic carboxylic acids is 1. The van der Waals surface area contributed by atoms with Crippen molar-refractivity contribution >= 4 is 49.6 Å². The summed E-state index contributed by atoms with van der Waals surface area (Å²) in [5.41, 5.74) is 1.45. The Kier molecular flexibility index (Phi) is 6.66. The van der Waals surface area contributed by atoms with Gasteiger partial charge in [0.2, 0.25) is 5.91 Å². The summed E-state index contributed by atoms with van der Waals surface area (Å²) in [6, 6.07) is 25.3. The van der Waals surface area contributed by atoms with Crippen LogP contribution in [0.4, 0.5) is 11.4 Å². The highest BCUT2D eigenvalue weighted by molar-refractivity contribution is 7.92. The van der Waals surface area contributed by atoms with E-state index >= 15 is 0 Å². The summed E-state index contributed by atoms with van der Waals surface area (Å²) in [4.78, 5) is 24.5. The van der Waals surface area contributed by atoms with Crippen molar-refractivity contribution < 1.29 is 23.1 Å². The first-order chi connectivity index (χ1) is 16.7. The predicted molar refractivity (Wildman–Crippen MR) is 137 cm³/mol. The standard InChI is InChI=1S/C27H22N2O5S/c1-18(20-12-11-19-7-5-6-8-21(19)16-20)15-26(30)28-25-17-22(13-14-24(25)27(31)32)29-35(33,34)23-9-3-2-4-10-23/h2-17,29H,1H3,(H,28,30)(H,31,32)/b18-15-. The second-order valence-electron chi connectivity index (χ2n) is 7.86. The Hall–Kier alpha value is -4.43. The molecule has 4 aromatic carbocycles. The normalized spacial score (nSPS) is 11.7. The lowest BCUT2D eigenvalue weighted by atomic mass is 10.0. The van der Waals surface area contributed by atoms with Crippen LogP contribution in [0.25, 0.3) is 16.3 Å². The fraction of sp³-hybridized carbons (Fsp3) is 0.0370. The molecule has 0 radical (unpaired) electrons. The third-order valence-corrected chi connectivity index (χ3v) is 6.76. The Balaban J connectivity index is 1.59. The smallest absolute Gasteiger partial charge is 0.337 e. The van der Waals surface area contributed by atoms with Gasteiger partial charge in [0.1, 0.15) is 0 Å². The number of carboxylic acids is 1. The third kappa shape index (κ3) is 5.56. The van der Waals surface area contributed by atoms with Gasteiger partial charge in [0.05, 0.1) is 21.8 Å². The number of sulfonamides is 1. The number of carbonyl (C=O) groups excluding carboxylic acids is 1. The Morgan fingerprint density at radius 2 is 1.51 bits per heavy atom. The minimum absolute atomic E-state index is 0.0293. The van der Waals surface area contributed by atoms with Gasteiger partial charge in [-0.3, -0.25) is 9.52 Å². The van der Waals surface area contributed by atoms with Crippen molar-refractivity contribution in [1.82, 2.24) is 0 Å². The van der Waals surface area contributed by atoms with Crippen LogP contribution in [0.5, 0.6) is 0 Å². The summed E-state index contributed by atoms with van der Waals surface area (Å²) in [5, 5.41) is 14.2. The molecule has 7 nitrogen and oxygen atoms in total. The van der Waals surface area contributed by atoms with Gasteiger partial charge in [0.15, 0.2) is 0 Å². The van der Waals surface area contributed by atoms with Crippen LogP contribution in [-0.2, 0) is 14.8 Å². The molecule has 0 heterocycles. The molecule has 0 aliphatic carbocycles. The maximum absolute atomic E-state index is 12.7. The van der Waals surface area contributed by atoms with Gasteiger partial charge < -0.3 is 10.4 Å². The van der Waals surface area contributed by atoms with E-state index in [4.69, 9.17) is 0 Å². The van der Waals surface area contributed by atoms with Gasteiger partial charge >= 0.3 is 5.97 Å². The third-order valence-electron chi connectivity index (χ3n) is 5.37. The molecule has 0 atom stereocenters. The zero-order valence-electron chi connectivity index (χ0n) is 18.7. The van der Waals surface area contributed by atoms with E-state index in [9.17, 15) is 23.1 Å². The molecule has 8 heteroatoms. The second-order valence-corrected chi connectivity index (χ2v) is 9.55. The van der Waals surface area contributed by atoms with Crippen molar-refractivity contribution in [2.24, 2.45) is 0 Å². The Morgan fingerprint density at radius 1 is 0.829 bits per heavy atom. The minimum atomic E-state index is -3.89. The maximum Gasteiger partial charge on any atom is 0.337 e. The maximum atomic E-state index is 12.7. The molecule has 0 fully saturated rings. The average molecular weight is 487 g/mol. The highest BCUT2D eigenvalue weighted by Gasteiger charge is 2.17. The van der Waals surface area contributed by atoms with E-state index in [0.29, 0.717) is 5.57 Å². The molecule has 1 amide bonds. The van der Waals surface area contributed by atoms with Gasteiger partial charge in [-0.2, -0.15) is 0 Å². The van der Waals surface area contributed by atoms with Gasteiger partial charge in [-0.15, -0.1) is 0 Å². The summed E-state index contributed by atoms with van der Waals surface area (Å²) < 4.78 is 27.7. The van der Waals surface area contributed by atoms with Crippen LogP contribution in [0.3, 0.4) is 0 Å². The molecular formula is C27H22N2O5S. The van der Waals surface area contributed by atoms with Crippen LogP contribution in [0.1, 0.15) is 22.8 Å². The molecule has 4 rings (SSSR count). The number of benzene rings is 4. The van der Waals surface area contributed by atoms with Crippen LogP contribution < -0.4 is 10.0 Å². The molecule has 0 bridgehead atoms. The van der Waals surface area contributed by atoms with Gasteiger partial charge in [-0.25, -0.2) is 13.2 Å². The van der Waals surface area contributed by atoms with E-state index in [2.05, 4.69) is 10.0 Å². The van der Waals surface area contributed by atoms with Gasteiger partial charge in [0, 0.05) is 6.08 Å². The summed E-state index contributed by atoms with van der Waals surface area (Å²) in [6.07, 6.45) is 1.37. The average Bonchev–Trinajstić information content (AvgIpc) is 2.84. The first-order valence-electron chi connectivity index (χ1n) is 10.7. The molecule has 0 aliphatic rings. The largest absolute Gasteiger partial charge is 0.478 e. The Bertz CT molecular complexity index is 1560. The van der Waals surface area contributed by atoms with E-state index in [1.807, 2.05) is 42.5 Å². The van der Waals surface area contributed by atoms with Crippen LogP contribution in [0, 0.1) is 0 Å². The quantitative estimate of drug-likeness (QED) is 0.304. The molecule has 4 aromatic rings. The summed E-state index contributed by atoms with van der Waals surface area (Å²) in [5.74, 6) is -1.80. The lowest BCUT2D eigenvalue weighted by Crippen LogP contribution is -2.15. The Labute approximate surface area is 202 Å². The molecule has 0 unspecified atom stereocenters. The van der Waals surface area contributed by atoms with Crippen LogP contribution in [-0.4, -0.2) is 25.4 Å². The number of carboxylic acid groups (broad SMARTS) is 1. The van der Waals surface area contributed by atoms with Crippen molar-refractivity contribution in [1.29, 1.82) is 0 Å². The number of hydrogen-bond donors (Lipinski definition) is 3. The molecule has 0 saturated heterocycles. The molecule has 35 heavy (non-hydrogen) atoms. The molecule has 0 aliphatic heterocycles. The molecular weight excluding hydrogens is 464 g/mol. The van der Waals surface area contributed by atoms with Crippen LogP contribution in [0.15, 0.2) is 102 Å². The number of hydrogen-bond acceptors (Lipinski definition) is 4. The number of carbonyl (C=O) groups is 2. The van der Waals surface area contributed by atoms with Crippen molar-refractivity contribution in [3.63, 3.8) is 0 Å². The molecule has 0 saturated carbocycles. The van der Waals surface area contributed by atoms with Crippen molar-refractivity contribution in [2.45, 2.75) is 11.8 Å².